The Morgan fingerprint density at radius 3 is 2.66 bits per heavy atom. The van der Waals surface area contributed by atoms with E-state index in [1.54, 1.807) is 36.5 Å². The average Bonchev–Trinajstić information content (AvgIpc) is 3.55. The third-order valence-corrected chi connectivity index (χ3v) is 8.22. The number of benzene rings is 2. The molecule has 0 radical (unpaired) electrons. The molecular formula is C30H34F2N8O. The number of pyridine rings is 1. The number of fused-ring (bicyclic) bond motifs is 3. The van der Waals surface area contributed by atoms with Crippen molar-refractivity contribution in [3.8, 4) is 17.3 Å². The summed E-state index contributed by atoms with van der Waals surface area (Å²) in [7, 11) is 0. The van der Waals surface area contributed by atoms with Crippen molar-refractivity contribution in [2.75, 3.05) is 38.1 Å². The number of nitrogens with zero attached hydrogens (tertiary/aromatic N) is 5. The van der Waals surface area contributed by atoms with Crippen LogP contribution in [0.3, 0.4) is 0 Å². The van der Waals surface area contributed by atoms with Crippen LogP contribution in [0.1, 0.15) is 32.1 Å². The zero-order chi connectivity index (χ0) is 28.4. The SMILES string of the molecule is N/C=C\N(N)CCCNc1nc(OCC23CCCN2CCC3)nc2c(F)c(-c3cccc4cccc(F)c34)ncc12. The van der Waals surface area contributed by atoms with E-state index < -0.39 is 11.6 Å². The predicted molar refractivity (Wildman–Crippen MR) is 156 cm³/mol. The molecule has 0 unspecified atom stereocenters. The fourth-order valence-electron chi connectivity index (χ4n) is 6.23. The predicted octanol–water partition coefficient (Wildman–Crippen LogP) is 4.54. The standard InChI is InChI=1S/C30H34F2N8O/c31-23-9-2-7-20-6-1-8-21(24(20)23)26-25(32)27-22(18-36-26)28(35-13-5-16-40(34)17-12-33)38-29(37-27)41-19-30-10-3-14-39(30)15-4-11-30/h1-2,6-9,12,17-18H,3-5,10-11,13-16,19,33-34H2,(H,35,37,38)/b17-12-. The number of nitrogens with two attached hydrogens (primary N) is 2. The Hall–Kier alpha value is -4.09. The number of ether oxygens (including phenoxy) is 1. The van der Waals surface area contributed by atoms with E-state index in [4.69, 9.17) is 16.3 Å². The van der Waals surface area contributed by atoms with Crippen LogP contribution in [0.4, 0.5) is 14.6 Å². The average molecular weight is 561 g/mol. The van der Waals surface area contributed by atoms with Gasteiger partial charge in [-0.2, -0.15) is 9.97 Å². The molecule has 41 heavy (non-hydrogen) atoms. The molecule has 214 valence electrons. The molecule has 0 atom stereocenters. The molecule has 2 saturated heterocycles. The van der Waals surface area contributed by atoms with Crippen molar-refractivity contribution in [1.82, 2.24) is 24.9 Å². The molecule has 0 amide bonds. The highest BCUT2D eigenvalue weighted by molar-refractivity contribution is 5.99. The molecule has 2 aromatic heterocycles. The smallest absolute Gasteiger partial charge is 0.319 e. The molecule has 2 fully saturated rings. The van der Waals surface area contributed by atoms with Gasteiger partial charge < -0.3 is 20.8 Å². The normalized spacial score (nSPS) is 16.6. The third-order valence-electron chi connectivity index (χ3n) is 8.22. The van der Waals surface area contributed by atoms with Crippen LogP contribution in [0.15, 0.2) is 55.0 Å². The van der Waals surface area contributed by atoms with E-state index in [9.17, 15) is 4.39 Å². The van der Waals surface area contributed by atoms with Crippen molar-refractivity contribution in [1.29, 1.82) is 0 Å². The second-order valence-corrected chi connectivity index (χ2v) is 10.7. The van der Waals surface area contributed by atoms with E-state index in [1.165, 1.54) is 23.5 Å². The first-order chi connectivity index (χ1) is 20.0. The molecule has 0 spiro atoms. The Labute approximate surface area is 237 Å². The minimum atomic E-state index is -0.656. The minimum absolute atomic E-state index is 0.0184. The molecule has 0 aliphatic carbocycles. The summed E-state index contributed by atoms with van der Waals surface area (Å²) in [5.41, 5.74) is 5.83. The van der Waals surface area contributed by atoms with Crippen LogP contribution in [-0.2, 0) is 0 Å². The zero-order valence-electron chi connectivity index (χ0n) is 22.8. The fourth-order valence-corrected chi connectivity index (χ4v) is 6.23. The number of hydrazine groups is 1. The lowest BCUT2D eigenvalue weighted by atomic mass is 9.95. The molecule has 0 bridgehead atoms. The summed E-state index contributed by atoms with van der Waals surface area (Å²) in [4.78, 5) is 16.1. The van der Waals surface area contributed by atoms with Crippen LogP contribution in [0.25, 0.3) is 32.9 Å². The van der Waals surface area contributed by atoms with Crippen LogP contribution in [0.5, 0.6) is 6.01 Å². The first-order valence-electron chi connectivity index (χ1n) is 14.0. The van der Waals surface area contributed by atoms with Gasteiger partial charge in [-0.15, -0.1) is 0 Å². The van der Waals surface area contributed by atoms with Gasteiger partial charge in [0.2, 0.25) is 0 Å². The minimum Gasteiger partial charge on any atom is -0.461 e. The van der Waals surface area contributed by atoms with Crippen LogP contribution in [-0.4, -0.2) is 63.2 Å². The second-order valence-electron chi connectivity index (χ2n) is 10.7. The molecular weight excluding hydrogens is 526 g/mol. The fraction of sp³-hybridized carbons (Fsp3) is 0.367. The summed E-state index contributed by atoms with van der Waals surface area (Å²) >= 11 is 0. The van der Waals surface area contributed by atoms with E-state index >= 15 is 4.39 Å². The molecule has 0 saturated carbocycles. The van der Waals surface area contributed by atoms with Crippen LogP contribution < -0.4 is 21.6 Å². The molecule has 2 aliphatic heterocycles. The number of rotatable bonds is 10. The van der Waals surface area contributed by atoms with Gasteiger partial charge in [-0.05, 0) is 56.6 Å². The van der Waals surface area contributed by atoms with Crippen LogP contribution in [0.2, 0.25) is 0 Å². The van der Waals surface area contributed by atoms with Crippen LogP contribution in [0, 0.1) is 11.6 Å². The van der Waals surface area contributed by atoms with Gasteiger partial charge in [0.15, 0.2) is 5.82 Å². The highest BCUT2D eigenvalue weighted by Gasteiger charge is 2.45. The second kappa shape index (κ2) is 11.4. The summed E-state index contributed by atoms with van der Waals surface area (Å²) in [6.07, 6.45) is 9.55. The van der Waals surface area contributed by atoms with E-state index in [1.807, 2.05) is 0 Å². The summed E-state index contributed by atoms with van der Waals surface area (Å²) < 4.78 is 37.4. The summed E-state index contributed by atoms with van der Waals surface area (Å²) in [6.45, 7) is 3.64. The summed E-state index contributed by atoms with van der Waals surface area (Å²) in [6, 6.07) is 10.1. The van der Waals surface area contributed by atoms with Gasteiger partial charge in [-0.3, -0.25) is 9.88 Å². The number of aromatic nitrogens is 3. The van der Waals surface area contributed by atoms with Crippen LogP contribution >= 0.6 is 0 Å². The van der Waals surface area contributed by atoms with E-state index in [-0.39, 0.29) is 22.8 Å². The summed E-state index contributed by atoms with van der Waals surface area (Å²) in [5.74, 6) is 5.18. The van der Waals surface area contributed by atoms with Gasteiger partial charge in [0.1, 0.15) is 29.5 Å². The van der Waals surface area contributed by atoms with Gasteiger partial charge in [0, 0.05) is 42.6 Å². The van der Waals surface area contributed by atoms with Gasteiger partial charge in [0.05, 0.1) is 10.9 Å². The zero-order valence-corrected chi connectivity index (χ0v) is 22.8. The number of halogens is 2. The third kappa shape index (κ3) is 5.22. The molecule has 4 heterocycles. The Kier molecular flexibility index (Phi) is 7.55. The lowest BCUT2D eigenvalue weighted by Crippen LogP contribution is -2.43. The largest absolute Gasteiger partial charge is 0.461 e. The Bertz CT molecular complexity index is 1580. The van der Waals surface area contributed by atoms with Crippen molar-refractivity contribution in [3.63, 3.8) is 0 Å². The van der Waals surface area contributed by atoms with E-state index in [2.05, 4.69) is 25.2 Å². The number of nitrogens with one attached hydrogen (secondary N) is 1. The Balaban J connectivity index is 1.37. The number of anilines is 1. The van der Waals surface area contributed by atoms with Crippen molar-refractivity contribution < 1.29 is 13.5 Å². The molecule has 2 aromatic carbocycles. The lowest BCUT2D eigenvalue weighted by molar-refractivity contribution is 0.108. The number of hydrogen-bond donors (Lipinski definition) is 3. The first kappa shape index (κ1) is 27.1. The maximum absolute atomic E-state index is 16.3. The molecule has 2 aliphatic rings. The molecule has 6 rings (SSSR count). The van der Waals surface area contributed by atoms with Crippen molar-refractivity contribution in [3.05, 3.63) is 66.6 Å². The molecule has 11 heteroatoms. The van der Waals surface area contributed by atoms with Gasteiger partial charge in [0.25, 0.3) is 0 Å². The monoisotopic (exact) mass is 560 g/mol. The number of hydrogen-bond acceptors (Lipinski definition) is 9. The topological polar surface area (TPSA) is 118 Å². The van der Waals surface area contributed by atoms with Crippen molar-refractivity contribution >= 4 is 27.5 Å². The van der Waals surface area contributed by atoms with Gasteiger partial charge in [-0.1, -0.05) is 30.3 Å². The van der Waals surface area contributed by atoms with E-state index in [0.717, 1.165) is 38.8 Å². The lowest BCUT2D eigenvalue weighted by Gasteiger charge is -2.31. The highest BCUT2D eigenvalue weighted by Crippen LogP contribution is 2.39. The Morgan fingerprint density at radius 2 is 1.88 bits per heavy atom. The Morgan fingerprint density at radius 1 is 1.10 bits per heavy atom. The van der Waals surface area contributed by atoms with Crippen molar-refractivity contribution in [2.45, 2.75) is 37.6 Å². The van der Waals surface area contributed by atoms with Crippen molar-refractivity contribution in [2.24, 2.45) is 11.6 Å². The maximum Gasteiger partial charge on any atom is 0.319 e. The molecule has 9 nitrogen and oxygen atoms in total. The first-order valence-corrected chi connectivity index (χ1v) is 14.0. The van der Waals surface area contributed by atoms with Gasteiger partial charge in [-0.25, -0.2) is 14.6 Å². The molecule has 5 N–H and O–H groups in total. The van der Waals surface area contributed by atoms with Gasteiger partial charge >= 0.3 is 6.01 Å². The summed E-state index contributed by atoms with van der Waals surface area (Å²) in [5, 5.41) is 6.14. The van der Waals surface area contributed by atoms with E-state index in [0.29, 0.717) is 53.7 Å². The quantitative estimate of drug-likeness (QED) is 0.146. The maximum atomic E-state index is 16.3. The highest BCUT2D eigenvalue weighted by atomic mass is 19.1. The molecule has 4 aromatic rings.